The zero-order valence-corrected chi connectivity index (χ0v) is 14.5. The first-order valence-electron chi connectivity index (χ1n) is 6.55. The second kappa shape index (κ2) is 9.96. The van der Waals surface area contributed by atoms with Crippen LogP contribution in [0.5, 0.6) is 0 Å². The maximum Gasteiger partial charge on any atom is 0.364 e. The molecule has 1 rings (SSSR count). The number of nitrogens with two attached hydrogens (primary N) is 1. The predicted molar refractivity (Wildman–Crippen MR) is 85.1 cm³/mol. The van der Waals surface area contributed by atoms with Gasteiger partial charge in [0.05, 0.1) is 11.5 Å². The topological polar surface area (TPSA) is 159 Å². The molecule has 0 unspecified atom stereocenters. The Kier molecular flexibility index (Phi) is 9.11. The largest absolute Gasteiger partial charge is 0.480 e. The van der Waals surface area contributed by atoms with E-state index in [1.165, 1.54) is 0 Å². The molecule has 12 heteroatoms. The molecule has 10 nitrogen and oxygen atoms in total. The van der Waals surface area contributed by atoms with E-state index in [-0.39, 0.29) is 17.8 Å². The Morgan fingerprint density at radius 1 is 1.38 bits per heavy atom. The highest BCUT2D eigenvalue weighted by Crippen LogP contribution is 2.27. The van der Waals surface area contributed by atoms with Gasteiger partial charge < -0.3 is 15.6 Å². The van der Waals surface area contributed by atoms with Crippen molar-refractivity contribution in [3.8, 4) is 0 Å². The van der Waals surface area contributed by atoms with E-state index in [1.807, 2.05) is 0 Å². The number of esters is 1. The van der Waals surface area contributed by atoms with E-state index in [2.05, 4.69) is 14.7 Å². The second-order valence-corrected chi connectivity index (χ2v) is 5.26. The maximum absolute atomic E-state index is 11.3. The van der Waals surface area contributed by atoms with E-state index < -0.39 is 39.4 Å². The molecule has 0 aliphatic carbocycles. The average Bonchev–Trinajstić information content (AvgIpc) is 2.45. The lowest BCUT2D eigenvalue weighted by Gasteiger charge is -2.07. The Labute approximate surface area is 147 Å². The fourth-order valence-corrected chi connectivity index (χ4v) is 1.64. The van der Waals surface area contributed by atoms with Gasteiger partial charge >= 0.3 is 17.6 Å². The van der Waals surface area contributed by atoms with Crippen molar-refractivity contribution in [3.63, 3.8) is 0 Å². The van der Waals surface area contributed by atoms with Gasteiger partial charge in [0.1, 0.15) is 6.04 Å². The Hall–Kier alpha value is -2.04. The molecular formula is C12H16Cl2N4O6. The lowest BCUT2D eigenvalue weighted by Crippen LogP contribution is -2.34. The molecule has 1 atom stereocenters. The van der Waals surface area contributed by atoms with Gasteiger partial charge in [0, 0.05) is 0 Å². The molecule has 0 amide bonds. The third-order valence-electron chi connectivity index (χ3n) is 2.47. The number of carbonyl (C=O) groups excluding carboxylic acids is 1. The molecule has 3 N–H and O–H groups in total. The summed E-state index contributed by atoms with van der Waals surface area (Å²) >= 11 is 10.9. The number of ether oxygens (including phenoxy) is 1. The molecule has 134 valence electrons. The van der Waals surface area contributed by atoms with Gasteiger partial charge in [0.2, 0.25) is 16.1 Å². The summed E-state index contributed by atoms with van der Waals surface area (Å²) in [6.07, 6.45) is 0. The van der Waals surface area contributed by atoms with E-state index in [4.69, 9.17) is 34.0 Å². The fourth-order valence-electron chi connectivity index (χ4n) is 1.19. The molecule has 0 saturated heterocycles. The lowest BCUT2D eigenvalue weighted by atomic mass is 10.1. The maximum atomic E-state index is 11.3. The number of halogens is 2. The molecule has 0 aliphatic heterocycles. The quantitative estimate of drug-likeness (QED) is 0.255. The van der Waals surface area contributed by atoms with Gasteiger partial charge in [-0.1, -0.05) is 25.4 Å². The van der Waals surface area contributed by atoms with Crippen LogP contribution in [0.15, 0.2) is 0 Å². The second-order valence-electron chi connectivity index (χ2n) is 4.57. The van der Waals surface area contributed by atoms with E-state index in [0.717, 1.165) is 0 Å². The van der Waals surface area contributed by atoms with Crippen LogP contribution >= 0.6 is 23.2 Å². The molecule has 0 spiro atoms. The van der Waals surface area contributed by atoms with Crippen LogP contribution in [0.1, 0.15) is 31.3 Å². The van der Waals surface area contributed by atoms with Gasteiger partial charge in [-0.15, -0.1) is 0 Å². The smallest absolute Gasteiger partial charge is 0.364 e. The van der Waals surface area contributed by atoms with Gasteiger partial charge in [-0.25, -0.2) is 9.78 Å². The summed E-state index contributed by atoms with van der Waals surface area (Å²) < 4.78 is 4.58. The van der Waals surface area contributed by atoms with E-state index in [9.17, 15) is 19.7 Å². The van der Waals surface area contributed by atoms with Gasteiger partial charge in [-0.2, -0.15) is 4.98 Å². The number of carboxylic acid groups (broad SMARTS) is 1. The number of nitro groups is 1. The van der Waals surface area contributed by atoms with Crippen LogP contribution in [-0.2, 0) is 9.53 Å². The molecule has 1 heterocycles. The van der Waals surface area contributed by atoms with Crippen molar-refractivity contribution in [1.29, 1.82) is 0 Å². The Bertz CT molecular complexity index is 626. The number of carbonyl (C=O) groups is 2. The molecule has 0 fully saturated rings. The van der Waals surface area contributed by atoms with Crippen molar-refractivity contribution in [2.75, 3.05) is 6.61 Å². The van der Waals surface area contributed by atoms with Crippen molar-refractivity contribution in [3.05, 3.63) is 26.2 Å². The van der Waals surface area contributed by atoms with Crippen LogP contribution in [-0.4, -0.2) is 44.6 Å². The summed E-state index contributed by atoms with van der Waals surface area (Å²) in [6, 6.07) is -0.713. The number of aliphatic carboxylic acids is 1. The van der Waals surface area contributed by atoms with Crippen molar-refractivity contribution in [2.45, 2.75) is 26.8 Å². The molecular weight excluding hydrogens is 367 g/mol. The average molecular weight is 383 g/mol. The highest BCUT2D eigenvalue weighted by molar-refractivity contribution is 6.33. The molecule has 0 bridgehead atoms. The predicted octanol–water partition coefficient (Wildman–Crippen LogP) is 1.92. The fraction of sp³-hybridized carbons (Fsp3) is 0.500. The van der Waals surface area contributed by atoms with Gasteiger partial charge in [-0.05, 0) is 24.4 Å². The van der Waals surface area contributed by atoms with Crippen LogP contribution in [0, 0.1) is 16.0 Å². The van der Waals surface area contributed by atoms with Gasteiger partial charge in [0.15, 0.2) is 0 Å². The summed E-state index contributed by atoms with van der Waals surface area (Å²) in [5.41, 5.74) is 3.88. The van der Waals surface area contributed by atoms with E-state index >= 15 is 0 Å². The van der Waals surface area contributed by atoms with Crippen LogP contribution in [0.25, 0.3) is 0 Å². The minimum atomic E-state index is -0.972. The summed E-state index contributed by atoms with van der Waals surface area (Å²) in [6.45, 7) is 5.15. The van der Waals surface area contributed by atoms with Crippen molar-refractivity contribution in [1.82, 2.24) is 9.97 Å². The highest BCUT2D eigenvalue weighted by Gasteiger charge is 2.29. The summed E-state index contributed by atoms with van der Waals surface area (Å²) in [5.74, 6) is -1.88. The number of carboxylic acids is 1. The minimum absolute atomic E-state index is 0.0208. The number of hydrogen-bond acceptors (Lipinski definition) is 8. The summed E-state index contributed by atoms with van der Waals surface area (Å²) in [5, 5.41) is 18.0. The molecule has 0 saturated carbocycles. The number of nitrogens with zero attached hydrogens (tertiary/aromatic N) is 3. The standard InChI is InChI=1S/C7H5Cl2N3O4.C5H11NO2/c1-2-16-6(13)3-4(12(14)15)5(8)11-7(9)10-3;1-3(2)4(6)5(7)8/h2H2,1H3;3-4H,6H2,1-2H3,(H,7,8)/t;4-/m.0/s1. The molecule has 1 aromatic rings. The summed E-state index contributed by atoms with van der Waals surface area (Å²) in [4.78, 5) is 37.9. The first kappa shape index (κ1) is 22.0. The Morgan fingerprint density at radius 2 is 1.92 bits per heavy atom. The molecule has 0 radical (unpaired) electrons. The molecule has 1 aromatic heterocycles. The van der Waals surface area contributed by atoms with Gasteiger partial charge in [0.25, 0.3) is 0 Å². The first-order valence-corrected chi connectivity index (χ1v) is 7.31. The monoisotopic (exact) mass is 382 g/mol. The summed E-state index contributed by atoms with van der Waals surface area (Å²) in [7, 11) is 0. The number of rotatable bonds is 5. The van der Waals surface area contributed by atoms with Crippen molar-refractivity contribution in [2.24, 2.45) is 11.7 Å². The van der Waals surface area contributed by atoms with Crippen molar-refractivity contribution >= 4 is 40.8 Å². The molecule has 0 aliphatic rings. The highest BCUT2D eigenvalue weighted by atomic mass is 35.5. The zero-order chi connectivity index (χ0) is 19.0. The van der Waals surface area contributed by atoms with Crippen LogP contribution < -0.4 is 5.73 Å². The van der Waals surface area contributed by atoms with Crippen LogP contribution in [0.4, 0.5) is 5.69 Å². The van der Waals surface area contributed by atoms with E-state index in [0.29, 0.717) is 0 Å². The molecule has 24 heavy (non-hydrogen) atoms. The number of hydrogen-bond donors (Lipinski definition) is 2. The normalized spacial score (nSPS) is 11.3. The van der Waals surface area contributed by atoms with Gasteiger partial charge in [-0.3, -0.25) is 14.9 Å². The van der Waals surface area contributed by atoms with E-state index in [1.54, 1.807) is 20.8 Å². The van der Waals surface area contributed by atoms with Crippen LogP contribution in [0.3, 0.4) is 0 Å². The number of aromatic nitrogens is 2. The Balaban J connectivity index is 0.000000561. The van der Waals surface area contributed by atoms with Crippen LogP contribution in [0.2, 0.25) is 10.4 Å². The third kappa shape index (κ3) is 6.60. The Morgan fingerprint density at radius 3 is 2.25 bits per heavy atom. The third-order valence-corrected chi connectivity index (χ3v) is 2.90. The van der Waals surface area contributed by atoms with Crippen molar-refractivity contribution < 1.29 is 24.4 Å². The first-order chi connectivity index (χ1) is 11.0. The zero-order valence-electron chi connectivity index (χ0n) is 13.0. The lowest BCUT2D eigenvalue weighted by molar-refractivity contribution is -0.385. The minimum Gasteiger partial charge on any atom is -0.480 e. The molecule has 0 aromatic carbocycles. The SMILES string of the molecule is CC(C)[C@H](N)C(=O)O.CCOC(=O)c1nc(Cl)nc(Cl)c1[N+](=O)[O-].